The van der Waals surface area contributed by atoms with Gasteiger partial charge in [-0.25, -0.2) is 9.78 Å². The normalized spacial score (nSPS) is 12.4. The Morgan fingerprint density at radius 2 is 1.79 bits per heavy atom. The van der Waals surface area contributed by atoms with Crippen LogP contribution in [0, 0.1) is 0 Å². The predicted octanol–water partition coefficient (Wildman–Crippen LogP) is 4.30. The molecule has 3 aromatic rings. The van der Waals surface area contributed by atoms with Gasteiger partial charge in [-0.1, -0.05) is 19.1 Å². The molecule has 8 heteroatoms. The summed E-state index contributed by atoms with van der Waals surface area (Å²) < 4.78 is 12.2. The van der Waals surface area contributed by atoms with Crippen molar-refractivity contribution in [2.75, 3.05) is 27.4 Å². The number of fused-ring (bicyclic) bond motifs is 1. The molecule has 0 fully saturated rings. The van der Waals surface area contributed by atoms with Gasteiger partial charge in [0.2, 0.25) is 0 Å². The highest BCUT2D eigenvalue weighted by Gasteiger charge is 2.30. The Labute approximate surface area is 200 Å². The Hall–Kier alpha value is -3.39. The van der Waals surface area contributed by atoms with Gasteiger partial charge in [-0.3, -0.25) is 9.36 Å². The summed E-state index contributed by atoms with van der Waals surface area (Å²) in [4.78, 5) is 33.7. The molecule has 1 atom stereocenters. The number of methoxy groups -OCH3 is 2. The Balaban J connectivity index is 2.24. The quantitative estimate of drug-likeness (QED) is 0.535. The van der Waals surface area contributed by atoms with Crippen molar-refractivity contribution < 1.29 is 14.3 Å². The van der Waals surface area contributed by atoms with Gasteiger partial charge in [-0.05, 0) is 63.6 Å². The number of rotatable bonds is 8. The number of para-hydroxylation sites is 1. The molecule has 34 heavy (non-hydrogen) atoms. The first-order chi connectivity index (χ1) is 16.2. The van der Waals surface area contributed by atoms with Crippen molar-refractivity contribution in [1.82, 2.24) is 19.8 Å². The second-order valence-corrected chi connectivity index (χ2v) is 9.12. The molecule has 0 saturated carbocycles. The van der Waals surface area contributed by atoms with E-state index in [9.17, 15) is 9.59 Å². The Bertz CT molecular complexity index is 1180. The van der Waals surface area contributed by atoms with Crippen LogP contribution in [0.15, 0.2) is 53.3 Å². The summed E-state index contributed by atoms with van der Waals surface area (Å²) in [6, 6.07) is 13.8. The predicted molar refractivity (Wildman–Crippen MR) is 134 cm³/mol. The van der Waals surface area contributed by atoms with E-state index in [1.165, 1.54) is 0 Å². The fourth-order valence-electron chi connectivity index (χ4n) is 3.88. The summed E-state index contributed by atoms with van der Waals surface area (Å²) in [5.74, 6) is 1.18. The van der Waals surface area contributed by atoms with Gasteiger partial charge in [0.05, 0.1) is 36.3 Å². The Morgan fingerprint density at radius 1 is 1.12 bits per heavy atom. The Morgan fingerprint density at radius 3 is 2.38 bits per heavy atom. The summed E-state index contributed by atoms with van der Waals surface area (Å²) in [6.45, 7) is 8.48. The number of carbonyl (C=O) groups is 1. The van der Waals surface area contributed by atoms with Crippen molar-refractivity contribution in [3.8, 4) is 11.4 Å². The molecule has 2 amide bonds. The minimum Gasteiger partial charge on any atom is -0.497 e. The maximum absolute atomic E-state index is 13.7. The second-order valence-electron chi connectivity index (χ2n) is 9.12. The van der Waals surface area contributed by atoms with E-state index in [0.29, 0.717) is 47.7 Å². The van der Waals surface area contributed by atoms with Crippen molar-refractivity contribution in [2.24, 2.45) is 0 Å². The van der Waals surface area contributed by atoms with Crippen molar-refractivity contribution in [1.29, 1.82) is 0 Å². The lowest BCUT2D eigenvalue weighted by molar-refractivity contribution is 0.120. The number of carbonyl (C=O) groups excluding carboxylic acids is 1. The van der Waals surface area contributed by atoms with Crippen LogP contribution >= 0.6 is 0 Å². The number of aromatic nitrogens is 2. The highest BCUT2D eigenvalue weighted by atomic mass is 16.5. The number of ether oxygens (including phenoxy) is 2. The molecule has 1 aromatic heterocycles. The van der Waals surface area contributed by atoms with E-state index < -0.39 is 11.6 Å². The van der Waals surface area contributed by atoms with E-state index in [0.717, 1.165) is 0 Å². The van der Waals surface area contributed by atoms with E-state index in [1.54, 1.807) is 41.9 Å². The van der Waals surface area contributed by atoms with Crippen LogP contribution in [0.25, 0.3) is 16.6 Å². The smallest absolute Gasteiger partial charge is 0.318 e. The Kier molecular flexibility index (Phi) is 7.94. The number of nitrogens with one attached hydrogen (secondary N) is 1. The molecule has 0 spiro atoms. The average molecular weight is 467 g/mol. The molecule has 0 radical (unpaired) electrons. The third-order valence-electron chi connectivity index (χ3n) is 5.47. The van der Waals surface area contributed by atoms with E-state index in [-0.39, 0.29) is 11.6 Å². The molecule has 182 valence electrons. The van der Waals surface area contributed by atoms with Crippen LogP contribution in [0.5, 0.6) is 5.75 Å². The van der Waals surface area contributed by atoms with Gasteiger partial charge in [0.25, 0.3) is 5.56 Å². The van der Waals surface area contributed by atoms with Crippen LogP contribution in [0.4, 0.5) is 4.79 Å². The molecule has 2 aromatic carbocycles. The molecule has 0 aliphatic carbocycles. The molecular weight excluding hydrogens is 432 g/mol. The first-order valence-corrected chi connectivity index (χ1v) is 11.4. The zero-order valence-corrected chi connectivity index (χ0v) is 20.8. The zero-order valence-electron chi connectivity index (χ0n) is 20.8. The zero-order chi connectivity index (χ0) is 24.9. The van der Waals surface area contributed by atoms with Crippen molar-refractivity contribution in [3.63, 3.8) is 0 Å². The van der Waals surface area contributed by atoms with Crippen molar-refractivity contribution in [2.45, 2.75) is 45.7 Å². The molecule has 0 aliphatic heterocycles. The van der Waals surface area contributed by atoms with Crippen LogP contribution in [0.1, 0.15) is 46.0 Å². The molecule has 1 heterocycles. The van der Waals surface area contributed by atoms with Crippen LogP contribution in [-0.4, -0.2) is 53.4 Å². The summed E-state index contributed by atoms with van der Waals surface area (Å²) in [6.07, 6.45) is 0.558. The number of hydrogen-bond donors (Lipinski definition) is 1. The highest BCUT2D eigenvalue weighted by molar-refractivity contribution is 5.78. The number of urea groups is 1. The molecule has 0 saturated heterocycles. The van der Waals surface area contributed by atoms with Gasteiger partial charge in [0.15, 0.2) is 0 Å². The summed E-state index contributed by atoms with van der Waals surface area (Å²) >= 11 is 0. The van der Waals surface area contributed by atoms with Crippen LogP contribution in [-0.2, 0) is 4.74 Å². The molecule has 0 bridgehead atoms. The van der Waals surface area contributed by atoms with Gasteiger partial charge < -0.3 is 19.7 Å². The summed E-state index contributed by atoms with van der Waals surface area (Å²) in [7, 11) is 3.20. The first kappa shape index (κ1) is 25.2. The van der Waals surface area contributed by atoms with E-state index in [1.807, 2.05) is 58.0 Å². The number of benzene rings is 2. The van der Waals surface area contributed by atoms with Crippen molar-refractivity contribution >= 4 is 16.9 Å². The third-order valence-corrected chi connectivity index (χ3v) is 5.47. The van der Waals surface area contributed by atoms with E-state index in [2.05, 4.69) is 5.32 Å². The van der Waals surface area contributed by atoms with Crippen LogP contribution in [0.2, 0.25) is 0 Å². The van der Waals surface area contributed by atoms with Gasteiger partial charge in [0.1, 0.15) is 11.6 Å². The fraction of sp³-hybridized carbons (Fsp3) is 0.423. The lowest BCUT2D eigenvalue weighted by Gasteiger charge is -2.34. The highest BCUT2D eigenvalue weighted by Crippen LogP contribution is 2.27. The maximum atomic E-state index is 13.7. The molecule has 3 rings (SSSR count). The van der Waals surface area contributed by atoms with E-state index >= 15 is 0 Å². The summed E-state index contributed by atoms with van der Waals surface area (Å²) in [5, 5.41) is 3.55. The molecular formula is C26H34N4O4. The lowest BCUT2D eigenvalue weighted by atomic mass is 10.1. The minimum absolute atomic E-state index is 0.188. The second kappa shape index (κ2) is 10.7. The monoisotopic (exact) mass is 466 g/mol. The van der Waals surface area contributed by atoms with Crippen LogP contribution in [0.3, 0.4) is 0 Å². The standard InChI is InChI=1S/C26H34N4O4/c1-7-22(29(16-17-33-5)25(32)28-26(2,3)4)23-27-21-11-9-8-10-20(21)24(31)30(23)18-12-14-19(34-6)15-13-18/h8-15,22H,7,16-17H2,1-6H3,(H,28,32). The topological polar surface area (TPSA) is 85.7 Å². The maximum Gasteiger partial charge on any atom is 0.318 e. The molecule has 0 aliphatic rings. The summed E-state index contributed by atoms with van der Waals surface area (Å²) in [5.41, 5.74) is 0.633. The number of amides is 2. The SMILES string of the molecule is CCC(c1nc2ccccc2c(=O)n1-c1ccc(OC)cc1)N(CCOC)C(=O)NC(C)(C)C. The first-order valence-electron chi connectivity index (χ1n) is 11.4. The minimum atomic E-state index is -0.461. The van der Waals surface area contributed by atoms with E-state index in [4.69, 9.17) is 14.5 Å². The van der Waals surface area contributed by atoms with Crippen molar-refractivity contribution in [3.05, 3.63) is 64.7 Å². The lowest BCUT2D eigenvalue weighted by Crippen LogP contribution is -2.51. The molecule has 8 nitrogen and oxygen atoms in total. The van der Waals surface area contributed by atoms with Gasteiger partial charge in [0, 0.05) is 19.2 Å². The number of nitrogens with zero attached hydrogens (tertiary/aromatic N) is 3. The third kappa shape index (κ3) is 5.56. The largest absolute Gasteiger partial charge is 0.497 e. The van der Waals surface area contributed by atoms with Gasteiger partial charge >= 0.3 is 6.03 Å². The average Bonchev–Trinajstić information content (AvgIpc) is 2.81. The molecule has 1 unspecified atom stereocenters. The molecule has 1 N–H and O–H groups in total. The number of hydrogen-bond acceptors (Lipinski definition) is 5. The fourth-order valence-corrected chi connectivity index (χ4v) is 3.88. The van der Waals surface area contributed by atoms with Gasteiger partial charge in [-0.15, -0.1) is 0 Å². The van der Waals surface area contributed by atoms with Crippen LogP contribution < -0.4 is 15.6 Å². The van der Waals surface area contributed by atoms with Gasteiger partial charge in [-0.2, -0.15) is 0 Å².